The lowest BCUT2D eigenvalue weighted by Gasteiger charge is -2.10. The van der Waals surface area contributed by atoms with Gasteiger partial charge in [0.1, 0.15) is 5.83 Å². The summed E-state index contributed by atoms with van der Waals surface area (Å²) < 4.78 is 21.7. The van der Waals surface area contributed by atoms with E-state index in [1.807, 2.05) is 30.3 Å². The lowest BCUT2D eigenvalue weighted by molar-refractivity contribution is 0.0948. The third-order valence-electron chi connectivity index (χ3n) is 5.34. The smallest absolute Gasteiger partial charge is 0.338 e. The minimum absolute atomic E-state index is 0.187. The number of allylic oxidation sites excluding steroid dienone is 2. The number of carbonyl (C=O) groups excluding carboxylic acids is 1. The predicted octanol–water partition coefficient (Wildman–Crippen LogP) is 4.64. The van der Waals surface area contributed by atoms with Gasteiger partial charge in [0.05, 0.1) is 13.2 Å². The number of benzene rings is 2. The van der Waals surface area contributed by atoms with Crippen molar-refractivity contribution in [3.05, 3.63) is 116 Å². The van der Waals surface area contributed by atoms with Crippen LogP contribution in [0.5, 0.6) is 0 Å². The molecule has 0 spiro atoms. The summed E-state index contributed by atoms with van der Waals surface area (Å²) in [6.45, 7) is 2.39. The monoisotopic (exact) mass is 464 g/mol. The first kappa shape index (κ1) is 25.1. The van der Waals surface area contributed by atoms with E-state index in [0.29, 0.717) is 24.2 Å². The van der Waals surface area contributed by atoms with Gasteiger partial charge in [0, 0.05) is 23.9 Å². The van der Waals surface area contributed by atoms with Gasteiger partial charge in [-0.1, -0.05) is 61.0 Å². The number of ether oxygens (including phenoxy) is 1. The van der Waals surface area contributed by atoms with Crippen LogP contribution < -0.4 is 11.2 Å². The number of unbranched alkanes of at least 4 members (excludes halogenated alkanes) is 3. The summed E-state index contributed by atoms with van der Waals surface area (Å²) in [7, 11) is 0. The second kappa shape index (κ2) is 12.6. The zero-order chi connectivity index (χ0) is 24.3. The van der Waals surface area contributed by atoms with E-state index in [-0.39, 0.29) is 17.7 Å². The molecule has 178 valence electrons. The number of aromatic nitrogens is 2. The van der Waals surface area contributed by atoms with Crippen molar-refractivity contribution in [1.29, 1.82) is 0 Å². The Morgan fingerprint density at radius 3 is 2.35 bits per heavy atom. The van der Waals surface area contributed by atoms with Gasteiger partial charge in [0.2, 0.25) is 0 Å². The third kappa shape index (κ3) is 6.96. The van der Waals surface area contributed by atoms with E-state index in [1.165, 1.54) is 31.3 Å². The minimum atomic E-state index is -0.858. The molecule has 0 fully saturated rings. The second-order valence-electron chi connectivity index (χ2n) is 8.07. The molecule has 0 unspecified atom stereocenters. The Morgan fingerprint density at radius 2 is 1.65 bits per heavy atom. The lowest BCUT2D eigenvalue weighted by Crippen LogP contribution is -2.44. The van der Waals surface area contributed by atoms with E-state index < -0.39 is 23.0 Å². The highest BCUT2D eigenvalue weighted by molar-refractivity contribution is 5.95. The number of halogens is 1. The molecule has 3 aromatic rings. The molecular formula is C27H29FN2O4. The van der Waals surface area contributed by atoms with Crippen LogP contribution in [0, 0.1) is 6.92 Å². The maximum Gasteiger partial charge on any atom is 0.338 e. The fraction of sp³-hybridized carbons (Fsp3) is 0.296. The van der Waals surface area contributed by atoms with Crippen molar-refractivity contribution in [2.75, 3.05) is 6.61 Å². The summed E-state index contributed by atoms with van der Waals surface area (Å²) in [5.74, 6) is -1.22. The number of hydrogen-bond donors (Lipinski definition) is 0. The maximum atomic E-state index is 14.5. The highest BCUT2D eigenvalue weighted by Gasteiger charge is 2.17. The predicted molar refractivity (Wildman–Crippen MR) is 130 cm³/mol. The van der Waals surface area contributed by atoms with Gasteiger partial charge < -0.3 is 4.74 Å². The first-order chi connectivity index (χ1) is 16.5. The Morgan fingerprint density at radius 1 is 0.971 bits per heavy atom. The van der Waals surface area contributed by atoms with Crippen LogP contribution in [-0.4, -0.2) is 21.6 Å². The summed E-state index contributed by atoms with van der Waals surface area (Å²) in [6.07, 6.45) is 5.84. The molecule has 6 nitrogen and oxygen atoms in total. The Kier molecular flexibility index (Phi) is 9.29. The molecule has 0 saturated heterocycles. The van der Waals surface area contributed by atoms with Crippen molar-refractivity contribution in [3.63, 3.8) is 0 Å². The number of carbonyl (C=O) groups is 1. The van der Waals surface area contributed by atoms with E-state index in [1.54, 1.807) is 18.2 Å². The largest absolute Gasteiger partial charge is 0.377 e. The number of hydrogen-bond acceptors (Lipinski definition) is 4. The molecule has 1 aromatic heterocycles. The van der Waals surface area contributed by atoms with E-state index in [2.05, 4.69) is 0 Å². The van der Waals surface area contributed by atoms with Crippen LogP contribution >= 0.6 is 0 Å². The maximum absolute atomic E-state index is 14.5. The van der Waals surface area contributed by atoms with Crippen LogP contribution in [0.1, 0.15) is 47.2 Å². The van der Waals surface area contributed by atoms with Gasteiger partial charge in [-0.2, -0.15) is 4.57 Å². The van der Waals surface area contributed by atoms with Crippen LogP contribution in [0.4, 0.5) is 4.39 Å². The van der Waals surface area contributed by atoms with Crippen molar-refractivity contribution < 1.29 is 13.9 Å². The molecule has 0 aliphatic rings. The standard InChI is InChI=1S/C27H29FN2O4/c1-21-18-29(27(33)30(25(21)31)26(32)23-14-8-5-9-15-23)19-24(28)16-10-2-3-11-17-34-20-22-12-6-4-7-13-22/h4-9,12-16,18H,2-3,10-11,17,19-20H2,1H3/b24-16-. The molecule has 1 heterocycles. The van der Waals surface area contributed by atoms with Gasteiger partial charge in [-0.25, -0.2) is 9.18 Å². The van der Waals surface area contributed by atoms with Crippen molar-refractivity contribution in [2.24, 2.45) is 0 Å². The normalized spacial score (nSPS) is 11.5. The highest BCUT2D eigenvalue weighted by Crippen LogP contribution is 2.08. The van der Waals surface area contributed by atoms with Crippen LogP contribution in [0.2, 0.25) is 0 Å². The highest BCUT2D eigenvalue weighted by atomic mass is 19.1. The van der Waals surface area contributed by atoms with Gasteiger partial charge >= 0.3 is 5.69 Å². The Balaban J connectivity index is 1.51. The summed E-state index contributed by atoms with van der Waals surface area (Å²) in [5.41, 5.74) is -0.0258. The lowest BCUT2D eigenvalue weighted by atomic mass is 10.2. The molecule has 0 N–H and O–H groups in total. The van der Waals surface area contributed by atoms with Crippen LogP contribution in [0.15, 0.2) is 88.4 Å². The number of nitrogens with zero attached hydrogens (tertiary/aromatic N) is 2. The minimum Gasteiger partial charge on any atom is -0.377 e. The summed E-state index contributed by atoms with van der Waals surface area (Å²) in [5, 5.41) is 0. The SMILES string of the molecule is Cc1cn(C/C(F)=C/CCCCCOCc2ccccc2)c(=O)n(C(=O)c2ccccc2)c1=O. The van der Waals surface area contributed by atoms with Crippen LogP contribution in [-0.2, 0) is 17.9 Å². The van der Waals surface area contributed by atoms with Crippen molar-refractivity contribution in [3.8, 4) is 0 Å². The zero-order valence-electron chi connectivity index (χ0n) is 19.3. The molecular weight excluding hydrogens is 435 g/mol. The molecule has 0 aliphatic carbocycles. The van der Waals surface area contributed by atoms with Gasteiger partial charge in [-0.05, 0) is 43.9 Å². The average Bonchev–Trinajstić information content (AvgIpc) is 2.85. The van der Waals surface area contributed by atoms with E-state index in [9.17, 15) is 18.8 Å². The van der Waals surface area contributed by atoms with Crippen molar-refractivity contribution >= 4 is 5.91 Å². The van der Waals surface area contributed by atoms with Crippen molar-refractivity contribution in [2.45, 2.75) is 45.8 Å². The van der Waals surface area contributed by atoms with Crippen LogP contribution in [0.3, 0.4) is 0 Å². The Hall–Kier alpha value is -3.58. The molecule has 2 aromatic carbocycles. The average molecular weight is 465 g/mol. The topological polar surface area (TPSA) is 70.3 Å². The van der Waals surface area contributed by atoms with Crippen molar-refractivity contribution in [1.82, 2.24) is 9.13 Å². The molecule has 0 radical (unpaired) electrons. The fourth-order valence-electron chi connectivity index (χ4n) is 3.51. The number of rotatable bonds is 11. The van der Waals surface area contributed by atoms with Gasteiger partial charge in [0.15, 0.2) is 0 Å². The fourth-order valence-corrected chi connectivity index (χ4v) is 3.51. The molecule has 0 saturated carbocycles. The second-order valence-corrected chi connectivity index (χ2v) is 8.07. The van der Waals surface area contributed by atoms with Crippen LogP contribution in [0.25, 0.3) is 0 Å². The molecule has 7 heteroatoms. The summed E-state index contributed by atoms with van der Waals surface area (Å²) in [4.78, 5) is 37.9. The zero-order valence-corrected chi connectivity index (χ0v) is 19.3. The first-order valence-corrected chi connectivity index (χ1v) is 11.4. The Bertz CT molecular complexity index is 1230. The molecule has 34 heavy (non-hydrogen) atoms. The Labute approximate surface area is 197 Å². The van der Waals surface area contributed by atoms with E-state index >= 15 is 0 Å². The molecule has 0 atom stereocenters. The molecule has 0 aliphatic heterocycles. The summed E-state index contributed by atoms with van der Waals surface area (Å²) >= 11 is 0. The van der Waals surface area contributed by atoms with E-state index in [4.69, 9.17) is 4.74 Å². The van der Waals surface area contributed by atoms with Gasteiger partial charge in [-0.3, -0.25) is 14.2 Å². The van der Waals surface area contributed by atoms with E-state index in [0.717, 1.165) is 29.4 Å². The quantitative estimate of drug-likeness (QED) is 0.388. The third-order valence-corrected chi connectivity index (χ3v) is 5.34. The summed E-state index contributed by atoms with van der Waals surface area (Å²) in [6, 6.07) is 18.0. The molecule has 0 amide bonds. The molecule has 0 bridgehead atoms. The van der Waals surface area contributed by atoms with Gasteiger partial charge in [-0.15, -0.1) is 0 Å². The first-order valence-electron chi connectivity index (χ1n) is 11.4. The van der Waals surface area contributed by atoms with Gasteiger partial charge in [0.25, 0.3) is 11.5 Å². The molecule has 3 rings (SSSR count). The number of aryl methyl sites for hydroxylation is 1.